The minimum atomic E-state index is -3.00. The van der Waals surface area contributed by atoms with Gasteiger partial charge < -0.3 is 0 Å². The maximum absolute atomic E-state index is 13.4. The highest BCUT2D eigenvalue weighted by atomic mass is 35.5. The van der Waals surface area contributed by atoms with Gasteiger partial charge in [-0.1, -0.05) is 17.7 Å². The summed E-state index contributed by atoms with van der Waals surface area (Å²) < 4.78 is 36.0. The molecule has 0 unspecified atom stereocenters. The molecule has 1 aromatic rings. The quantitative estimate of drug-likeness (QED) is 0.674. The van der Waals surface area contributed by atoms with Gasteiger partial charge in [0.1, 0.15) is 5.82 Å². The molecule has 5 nitrogen and oxygen atoms in total. The van der Waals surface area contributed by atoms with Gasteiger partial charge in [0.05, 0.1) is 22.7 Å². The van der Waals surface area contributed by atoms with Crippen LogP contribution in [0.2, 0.25) is 5.02 Å². The van der Waals surface area contributed by atoms with Crippen LogP contribution in [0.1, 0.15) is 18.4 Å². The first-order valence-electron chi connectivity index (χ1n) is 6.34. The van der Waals surface area contributed by atoms with Crippen LogP contribution in [0.15, 0.2) is 23.3 Å². The van der Waals surface area contributed by atoms with Crippen LogP contribution in [0.3, 0.4) is 0 Å². The number of halogens is 2. The highest BCUT2D eigenvalue weighted by Crippen LogP contribution is 2.21. The van der Waals surface area contributed by atoms with Crippen molar-refractivity contribution in [2.24, 2.45) is 11.0 Å². The third-order valence-electron chi connectivity index (χ3n) is 3.18. The number of benzene rings is 1. The largest absolute Gasteiger partial charge is 0.273 e. The Bertz CT molecular complexity index is 656. The van der Waals surface area contributed by atoms with Gasteiger partial charge in [-0.05, 0) is 24.5 Å². The van der Waals surface area contributed by atoms with Gasteiger partial charge in [0, 0.05) is 12.0 Å². The van der Waals surface area contributed by atoms with E-state index < -0.39 is 21.6 Å². The smallest absolute Gasteiger partial charge is 0.240 e. The molecule has 1 atom stereocenters. The molecule has 1 aromatic carbocycles. The average molecular weight is 333 g/mol. The highest BCUT2D eigenvalue weighted by Gasteiger charge is 2.29. The first kappa shape index (κ1) is 15.9. The average Bonchev–Trinajstić information content (AvgIpc) is 2.72. The standard InChI is InChI=1S/C13H14ClFN2O3S/c14-11-2-1-3-12(15)10(11)7-16-17-13(18)6-9-4-5-21(19,20)8-9/h1-3,7,9H,4-6,8H2,(H,17,18)/b16-7-/t9-/m1/s1. The van der Waals surface area contributed by atoms with Crippen molar-refractivity contribution in [3.63, 3.8) is 0 Å². The molecular formula is C13H14ClFN2O3S. The van der Waals surface area contributed by atoms with Crippen LogP contribution in [-0.2, 0) is 14.6 Å². The van der Waals surface area contributed by atoms with E-state index in [9.17, 15) is 17.6 Å². The summed E-state index contributed by atoms with van der Waals surface area (Å²) in [7, 11) is -3.00. The van der Waals surface area contributed by atoms with E-state index in [4.69, 9.17) is 11.6 Å². The molecule has 114 valence electrons. The van der Waals surface area contributed by atoms with Crippen LogP contribution in [0.25, 0.3) is 0 Å². The second kappa shape index (κ2) is 6.53. The molecule has 1 N–H and O–H groups in total. The van der Waals surface area contributed by atoms with Crippen LogP contribution in [0.4, 0.5) is 4.39 Å². The Kier molecular flexibility index (Phi) is 4.95. The van der Waals surface area contributed by atoms with Crippen LogP contribution in [-0.4, -0.2) is 32.0 Å². The first-order valence-corrected chi connectivity index (χ1v) is 8.53. The molecule has 0 radical (unpaired) electrons. The van der Waals surface area contributed by atoms with Crippen molar-refractivity contribution in [2.75, 3.05) is 11.5 Å². The molecule has 1 saturated heterocycles. The van der Waals surface area contributed by atoms with Crippen molar-refractivity contribution in [3.8, 4) is 0 Å². The van der Waals surface area contributed by atoms with Gasteiger partial charge in [-0.2, -0.15) is 5.10 Å². The van der Waals surface area contributed by atoms with E-state index in [1.807, 2.05) is 0 Å². The van der Waals surface area contributed by atoms with Gasteiger partial charge in [-0.15, -0.1) is 0 Å². The van der Waals surface area contributed by atoms with E-state index >= 15 is 0 Å². The summed E-state index contributed by atoms with van der Waals surface area (Å²) in [5.41, 5.74) is 2.34. The predicted octanol–water partition coefficient (Wildman–Crippen LogP) is 1.75. The molecular weight excluding hydrogens is 319 g/mol. The fourth-order valence-electron chi connectivity index (χ4n) is 2.14. The molecule has 2 rings (SSSR count). The lowest BCUT2D eigenvalue weighted by atomic mass is 10.1. The first-order chi connectivity index (χ1) is 9.87. The van der Waals surface area contributed by atoms with Crippen molar-refractivity contribution in [3.05, 3.63) is 34.6 Å². The third-order valence-corrected chi connectivity index (χ3v) is 5.35. The molecule has 21 heavy (non-hydrogen) atoms. The number of hydrogen-bond acceptors (Lipinski definition) is 4. The van der Waals surface area contributed by atoms with E-state index in [-0.39, 0.29) is 34.4 Å². The summed E-state index contributed by atoms with van der Waals surface area (Å²) in [4.78, 5) is 11.6. The molecule has 0 saturated carbocycles. The Balaban J connectivity index is 1.88. The molecule has 8 heteroatoms. The lowest BCUT2D eigenvalue weighted by Crippen LogP contribution is -2.21. The number of nitrogens with one attached hydrogen (secondary N) is 1. The summed E-state index contributed by atoms with van der Waals surface area (Å²) in [6.45, 7) is 0. The number of hydrazone groups is 1. The number of amides is 1. The van der Waals surface area contributed by atoms with Crippen LogP contribution in [0.5, 0.6) is 0 Å². The summed E-state index contributed by atoms with van der Waals surface area (Å²) in [6.07, 6.45) is 1.70. The second-order valence-corrected chi connectivity index (χ2v) is 7.54. The van der Waals surface area contributed by atoms with Gasteiger partial charge in [-0.3, -0.25) is 4.79 Å². The van der Waals surface area contributed by atoms with Crippen molar-refractivity contribution in [2.45, 2.75) is 12.8 Å². The van der Waals surface area contributed by atoms with Crippen LogP contribution >= 0.6 is 11.6 Å². The molecule has 1 amide bonds. The van der Waals surface area contributed by atoms with Gasteiger partial charge >= 0.3 is 0 Å². The van der Waals surface area contributed by atoms with Crippen molar-refractivity contribution in [1.29, 1.82) is 0 Å². The lowest BCUT2D eigenvalue weighted by molar-refractivity contribution is -0.121. The van der Waals surface area contributed by atoms with Crippen LogP contribution < -0.4 is 5.43 Å². The number of sulfone groups is 1. The van der Waals surface area contributed by atoms with E-state index in [1.54, 1.807) is 0 Å². The minimum absolute atomic E-state index is 0.0310. The highest BCUT2D eigenvalue weighted by molar-refractivity contribution is 7.91. The monoisotopic (exact) mass is 332 g/mol. The SMILES string of the molecule is O=C(C[C@H]1CCS(=O)(=O)C1)N/N=C\c1c(F)cccc1Cl. The fourth-order valence-corrected chi connectivity index (χ4v) is 4.22. The van der Waals surface area contributed by atoms with E-state index in [0.29, 0.717) is 6.42 Å². The number of carbonyl (C=O) groups is 1. The molecule has 0 bridgehead atoms. The Morgan fingerprint density at radius 3 is 2.90 bits per heavy atom. The molecule has 1 heterocycles. The van der Waals surface area contributed by atoms with Gasteiger partial charge in [-0.25, -0.2) is 18.2 Å². The molecule has 0 aliphatic carbocycles. The number of nitrogens with zero attached hydrogens (tertiary/aromatic N) is 1. The normalized spacial score (nSPS) is 20.8. The minimum Gasteiger partial charge on any atom is -0.273 e. The van der Waals surface area contributed by atoms with Crippen molar-refractivity contribution < 1.29 is 17.6 Å². The number of carbonyl (C=O) groups excluding carboxylic acids is 1. The van der Waals surface area contributed by atoms with E-state index in [1.165, 1.54) is 18.2 Å². The summed E-state index contributed by atoms with van der Waals surface area (Å²) in [5, 5.41) is 3.83. The third kappa shape index (κ3) is 4.50. The Hall–Kier alpha value is -1.47. The summed E-state index contributed by atoms with van der Waals surface area (Å²) in [5.74, 6) is -0.965. The van der Waals surface area contributed by atoms with Crippen molar-refractivity contribution in [1.82, 2.24) is 5.43 Å². The van der Waals surface area contributed by atoms with Crippen molar-refractivity contribution >= 4 is 33.6 Å². The number of rotatable bonds is 4. The predicted molar refractivity (Wildman–Crippen MR) is 78.5 cm³/mol. The zero-order valence-corrected chi connectivity index (χ0v) is 12.6. The summed E-state index contributed by atoms with van der Waals surface area (Å²) >= 11 is 5.80. The van der Waals surface area contributed by atoms with E-state index in [0.717, 1.165) is 6.21 Å². The molecule has 0 spiro atoms. The second-order valence-electron chi connectivity index (χ2n) is 4.90. The van der Waals surface area contributed by atoms with Crippen LogP contribution in [0, 0.1) is 11.7 Å². The van der Waals surface area contributed by atoms with E-state index in [2.05, 4.69) is 10.5 Å². The molecule has 1 aliphatic rings. The molecule has 1 fully saturated rings. The molecule has 0 aromatic heterocycles. The maximum Gasteiger partial charge on any atom is 0.240 e. The Morgan fingerprint density at radius 1 is 1.52 bits per heavy atom. The molecule has 1 aliphatic heterocycles. The van der Waals surface area contributed by atoms with Gasteiger partial charge in [0.15, 0.2) is 9.84 Å². The van der Waals surface area contributed by atoms with Gasteiger partial charge in [0.2, 0.25) is 5.91 Å². The topological polar surface area (TPSA) is 75.6 Å². The maximum atomic E-state index is 13.4. The fraction of sp³-hybridized carbons (Fsp3) is 0.385. The zero-order chi connectivity index (χ0) is 15.5. The lowest BCUT2D eigenvalue weighted by Gasteiger charge is -2.05. The van der Waals surface area contributed by atoms with Gasteiger partial charge in [0.25, 0.3) is 0 Å². The Labute approximate surface area is 127 Å². The summed E-state index contributed by atoms with van der Waals surface area (Å²) in [6, 6.07) is 4.21. The zero-order valence-electron chi connectivity index (χ0n) is 11.1. The Morgan fingerprint density at radius 2 is 2.29 bits per heavy atom. The number of hydrogen-bond donors (Lipinski definition) is 1.